The zero-order valence-corrected chi connectivity index (χ0v) is 19.1. The molecule has 0 unspecified atom stereocenters. The van der Waals surface area contributed by atoms with E-state index >= 15 is 0 Å². The first-order chi connectivity index (χ1) is 15.4. The van der Waals surface area contributed by atoms with Crippen molar-refractivity contribution in [3.05, 3.63) is 104 Å². The van der Waals surface area contributed by atoms with Crippen LogP contribution in [0.1, 0.15) is 0 Å². The van der Waals surface area contributed by atoms with Gasteiger partial charge in [-0.2, -0.15) is 0 Å². The van der Waals surface area contributed by atoms with E-state index in [1.165, 1.54) is 10.8 Å². The zero-order chi connectivity index (χ0) is 20.6. The molecule has 0 N–H and O–H groups in total. The normalized spacial score (nSPS) is 10.9. The minimum absolute atomic E-state index is 0. The van der Waals surface area contributed by atoms with Gasteiger partial charge in [-0.3, -0.25) is 0 Å². The van der Waals surface area contributed by atoms with Gasteiger partial charge in [0.25, 0.3) is 0 Å². The van der Waals surface area contributed by atoms with Crippen LogP contribution < -0.4 is 0 Å². The molecule has 0 amide bonds. The molecule has 5 heteroatoms. The van der Waals surface area contributed by atoms with Gasteiger partial charge in [-0.05, 0) is 51.8 Å². The summed E-state index contributed by atoms with van der Waals surface area (Å²) in [5.74, 6) is 0. The Morgan fingerprint density at radius 1 is 0.688 bits per heavy atom. The summed E-state index contributed by atoms with van der Waals surface area (Å²) in [7, 11) is 0. The average Bonchev–Trinajstić information content (AvgIpc) is 3.25. The molecule has 4 heterocycles. The van der Waals surface area contributed by atoms with Gasteiger partial charge in [-0.15, -0.1) is 35.2 Å². The molecule has 0 saturated heterocycles. The molecule has 32 heavy (non-hydrogen) atoms. The molecule has 0 aliphatic rings. The van der Waals surface area contributed by atoms with E-state index in [0.29, 0.717) is 0 Å². The van der Waals surface area contributed by atoms with Crippen LogP contribution in [0.2, 0.25) is 0 Å². The van der Waals surface area contributed by atoms with Gasteiger partial charge in [0, 0.05) is 32.5 Å². The van der Waals surface area contributed by atoms with Crippen LogP contribution in [0, 0.1) is 12.3 Å². The molecule has 1 radical (unpaired) electrons. The van der Waals surface area contributed by atoms with E-state index in [1.807, 2.05) is 66.9 Å². The Bertz CT molecular complexity index is 1510. The zero-order valence-electron chi connectivity index (χ0n) is 16.7. The van der Waals surface area contributed by atoms with Gasteiger partial charge in [0.1, 0.15) is 5.58 Å². The third kappa shape index (κ3) is 3.32. The van der Waals surface area contributed by atoms with Crippen LogP contribution in [0.5, 0.6) is 0 Å². The molecule has 4 nitrogen and oxygen atoms in total. The van der Waals surface area contributed by atoms with Gasteiger partial charge in [0.15, 0.2) is 0 Å². The number of nitrogens with zero attached hydrogens (tertiary/aromatic N) is 3. The summed E-state index contributed by atoms with van der Waals surface area (Å²) in [6.45, 7) is 0. The van der Waals surface area contributed by atoms with Crippen molar-refractivity contribution in [2.75, 3.05) is 0 Å². The van der Waals surface area contributed by atoms with Crippen molar-refractivity contribution in [3.8, 4) is 11.3 Å². The molecule has 7 rings (SSSR count). The van der Waals surface area contributed by atoms with Crippen LogP contribution in [0.25, 0.3) is 54.9 Å². The van der Waals surface area contributed by atoms with Crippen LogP contribution in [0.15, 0.2) is 95.8 Å². The van der Waals surface area contributed by atoms with Crippen LogP contribution >= 0.6 is 0 Å². The number of rotatable bonds is 1. The maximum atomic E-state index is 5.94. The molecule has 0 saturated carbocycles. The van der Waals surface area contributed by atoms with Crippen molar-refractivity contribution in [2.24, 2.45) is 0 Å². The molecule has 7 aromatic rings. The number of hydrogen-bond donors (Lipinski definition) is 0. The summed E-state index contributed by atoms with van der Waals surface area (Å²) in [5, 5.41) is 5.73. The number of fused-ring (bicyclic) bond motifs is 3. The smallest absolute Gasteiger partial charge is 0.124 e. The van der Waals surface area contributed by atoms with E-state index in [0.717, 1.165) is 44.1 Å². The molecule has 0 spiro atoms. The number of aromatic nitrogens is 3. The van der Waals surface area contributed by atoms with E-state index in [1.54, 1.807) is 12.4 Å². The maximum absolute atomic E-state index is 5.94. The first-order valence-corrected chi connectivity index (χ1v) is 9.96. The minimum Gasteiger partial charge on any atom is -0.476 e. The fraction of sp³-hybridized carbons (Fsp3) is 0. The summed E-state index contributed by atoms with van der Waals surface area (Å²) in [4.78, 5) is 12.6. The average molecular weight is 590 g/mol. The van der Waals surface area contributed by atoms with Crippen LogP contribution in [-0.2, 0) is 20.1 Å². The summed E-state index contributed by atoms with van der Waals surface area (Å²) in [6.07, 6.45) is 8.16. The third-order valence-corrected chi connectivity index (χ3v) is 5.34. The quantitative estimate of drug-likeness (QED) is 0.163. The van der Waals surface area contributed by atoms with Crippen molar-refractivity contribution in [2.45, 2.75) is 0 Å². The summed E-state index contributed by atoms with van der Waals surface area (Å²) in [5.41, 5.74) is 4.67. The molecular weight excluding hydrogens is 575 g/mol. The fourth-order valence-corrected chi connectivity index (χ4v) is 4.03. The SMILES string of the molecule is [Ir].[c-]1ccc2oc3cccc4c5cccnc5c1c2c34.[c-]1ncccc1-c1ccccn1. The van der Waals surface area contributed by atoms with Crippen LogP contribution in [-0.4, -0.2) is 15.0 Å². The van der Waals surface area contributed by atoms with E-state index in [2.05, 4.69) is 39.3 Å². The Balaban J connectivity index is 0.000000145. The van der Waals surface area contributed by atoms with Gasteiger partial charge in [-0.25, -0.2) is 0 Å². The monoisotopic (exact) mass is 590 g/mol. The summed E-state index contributed by atoms with van der Waals surface area (Å²) < 4.78 is 5.94. The van der Waals surface area contributed by atoms with Crippen LogP contribution in [0.4, 0.5) is 0 Å². The van der Waals surface area contributed by atoms with Gasteiger partial charge >= 0.3 is 0 Å². The van der Waals surface area contributed by atoms with Crippen molar-refractivity contribution in [3.63, 3.8) is 0 Å². The van der Waals surface area contributed by atoms with E-state index < -0.39 is 0 Å². The first-order valence-electron chi connectivity index (χ1n) is 9.96. The van der Waals surface area contributed by atoms with Crippen molar-refractivity contribution >= 4 is 43.6 Å². The maximum Gasteiger partial charge on any atom is 0.124 e. The van der Waals surface area contributed by atoms with Crippen LogP contribution in [0.3, 0.4) is 0 Å². The Morgan fingerprint density at radius 2 is 1.53 bits per heavy atom. The third-order valence-electron chi connectivity index (χ3n) is 5.34. The summed E-state index contributed by atoms with van der Waals surface area (Å²) >= 11 is 0. The molecular formula is C27H15IrN3O-2. The Morgan fingerprint density at radius 3 is 2.38 bits per heavy atom. The molecule has 4 aromatic heterocycles. The topological polar surface area (TPSA) is 51.8 Å². The minimum atomic E-state index is 0. The van der Waals surface area contributed by atoms with Gasteiger partial charge < -0.3 is 19.4 Å². The Labute approximate surface area is 197 Å². The Hall–Kier alpha value is -3.66. The van der Waals surface area contributed by atoms with Gasteiger partial charge in [-0.1, -0.05) is 48.0 Å². The van der Waals surface area contributed by atoms with E-state index in [9.17, 15) is 0 Å². The van der Waals surface area contributed by atoms with E-state index in [-0.39, 0.29) is 20.1 Å². The second-order valence-corrected chi connectivity index (χ2v) is 7.15. The molecule has 0 aliphatic carbocycles. The number of furan rings is 1. The first kappa shape index (κ1) is 20.3. The van der Waals surface area contributed by atoms with Crippen molar-refractivity contribution in [1.29, 1.82) is 0 Å². The molecule has 3 aromatic carbocycles. The van der Waals surface area contributed by atoms with Gasteiger partial charge in [0.05, 0.1) is 5.58 Å². The largest absolute Gasteiger partial charge is 0.476 e. The number of pyridine rings is 3. The molecule has 0 atom stereocenters. The standard InChI is InChI=1S/C17H8NO.C10H7N2.Ir/c1-4-10-11-6-3-9-18-17(11)12-5-2-8-14-16(12)15(10)13(7-1)19-14;1-2-7-12-10(5-1)9-4-3-6-11-8-9;/h1-4,6-9H;1-7H;/q2*-1;. The molecule has 0 bridgehead atoms. The molecule has 155 valence electrons. The molecule has 0 aliphatic heterocycles. The van der Waals surface area contributed by atoms with Crippen molar-refractivity contribution in [1.82, 2.24) is 15.0 Å². The predicted molar refractivity (Wildman–Crippen MR) is 123 cm³/mol. The second kappa shape index (κ2) is 8.46. The Kier molecular flexibility index (Phi) is 5.36. The fourth-order valence-electron chi connectivity index (χ4n) is 4.03. The number of benzene rings is 3. The molecule has 0 fully saturated rings. The summed E-state index contributed by atoms with van der Waals surface area (Å²) in [6, 6.07) is 27.1. The second-order valence-electron chi connectivity index (χ2n) is 7.15. The van der Waals surface area contributed by atoms with E-state index in [4.69, 9.17) is 4.42 Å². The number of hydrogen-bond acceptors (Lipinski definition) is 4. The predicted octanol–water partition coefficient (Wildman–Crippen LogP) is 6.47. The van der Waals surface area contributed by atoms with Gasteiger partial charge in [0.2, 0.25) is 0 Å². The van der Waals surface area contributed by atoms with Crippen molar-refractivity contribution < 1.29 is 24.5 Å².